The molecule has 150 valence electrons. The lowest BCUT2D eigenvalue weighted by Crippen LogP contribution is -2.43. The number of carbonyl (C=O) groups excluding carboxylic acids is 1. The summed E-state index contributed by atoms with van der Waals surface area (Å²) in [6, 6.07) is 7.56. The number of methoxy groups -OCH3 is 1. The van der Waals surface area contributed by atoms with Gasteiger partial charge in [0.05, 0.1) is 13.7 Å². The van der Waals surface area contributed by atoms with Gasteiger partial charge < -0.3 is 25.4 Å². The molecule has 0 heterocycles. The highest BCUT2D eigenvalue weighted by molar-refractivity contribution is 5.80. The van der Waals surface area contributed by atoms with Crippen molar-refractivity contribution in [3.63, 3.8) is 0 Å². The normalized spacial score (nSPS) is 15.4. The lowest BCUT2D eigenvalue weighted by Gasteiger charge is -2.24. The number of amides is 1. The molecule has 2 rings (SSSR count). The van der Waals surface area contributed by atoms with Crippen LogP contribution in [0.5, 0.6) is 11.5 Å². The highest BCUT2D eigenvalue weighted by Gasteiger charge is 2.24. The van der Waals surface area contributed by atoms with Gasteiger partial charge in [-0.3, -0.25) is 9.79 Å². The average Bonchev–Trinajstić information content (AvgIpc) is 2.62. The number of nitrogens with one attached hydrogen (secondary N) is 3. The van der Waals surface area contributed by atoms with Crippen LogP contribution in [0.25, 0.3) is 0 Å². The second-order valence-electron chi connectivity index (χ2n) is 6.76. The van der Waals surface area contributed by atoms with Gasteiger partial charge in [0.15, 0.2) is 5.96 Å². The van der Waals surface area contributed by atoms with Crippen molar-refractivity contribution in [1.82, 2.24) is 16.0 Å². The number of carbonyl (C=O) groups is 1. The van der Waals surface area contributed by atoms with Crippen molar-refractivity contribution in [3.05, 3.63) is 24.3 Å². The number of hydrogen-bond acceptors (Lipinski definition) is 4. The Balaban J connectivity index is 1.59. The summed E-state index contributed by atoms with van der Waals surface area (Å²) >= 11 is 0. The van der Waals surface area contributed by atoms with E-state index < -0.39 is 0 Å². The molecule has 0 aromatic heterocycles. The van der Waals surface area contributed by atoms with Crippen LogP contribution in [-0.2, 0) is 4.79 Å². The quantitative estimate of drug-likeness (QED) is 0.330. The van der Waals surface area contributed by atoms with E-state index in [-0.39, 0.29) is 17.9 Å². The Morgan fingerprint density at radius 3 is 2.63 bits per heavy atom. The second-order valence-corrected chi connectivity index (χ2v) is 6.76. The van der Waals surface area contributed by atoms with Gasteiger partial charge in [0.1, 0.15) is 17.6 Å². The molecule has 7 nitrogen and oxygen atoms in total. The number of aliphatic imine (C=N–C) groups is 1. The summed E-state index contributed by atoms with van der Waals surface area (Å²) in [4.78, 5) is 16.0. The van der Waals surface area contributed by atoms with Crippen LogP contribution in [0, 0.1) is 5.92 Å². The summed E-state index contributed by atoms with van der Waals surface area (Å²) in [5, 5.41) is 9.49. The van der Waals surface area contributed by atoms with Crippen molar-refractivity contribution < 1.29 is 14.3 Å². The molecule has 0 aliphatic heterocycles. The molecule has 1 aromatic rings. The first-order chi connectivity index (χ1) is 13.1. The van der Waals surface area contributed by atoms with Crippen LogP contribution in [0.4, 0.5) is 0 Å². The molecule has 0 spiro atoms. The second kappa shape index (κ2) is 11.3. The molecule has 1 aliphatic rings. The smallest absolute Gasteiger partial charge is 0.223 e. The third kappa shape index (κ3) is 7.37. The summed E-state index contributed by atoms with van der Waals surface area (Å²) in [6.45, 7) is 4.05. The fourth-order valence-electron chi connectivity index (χ4n) is 2.73. The number of nitrogens with zero attached hydrogens (tertiary/aromatic N) is 1. The Labute approximate surface area is 161 Å². The van der Waals surface area contributed by atoms with E-state index in [1.807, 2.05) is 31.2 Å². The van der Waals surface area contributed by atoms with Gasteiger partial charge in [0, 0.05) is 32.1 Å². The van der Waals surface area contributed by atoms with Crippen molar-refractivity contribution in [3.8, 4) is 11.5 Å². The Hall–Kier alpha value is -2.44. The predicted octanol–water partition coefficient (Wildman–Crippen LogP) is 1.93. The maximum atomic E-state index is 11.8. The summed E-state index contributed by atoms with van der Waals surface area (Å²) in [6.07, 6.45) is 4.08. The number of rotatable bonds is 10. The lowest BCUT2D eigenvalue weighted by atomic mass is 9.85. The minimum absolute atomic E-state index is 0.0302. The molecule has 0 radical (unpaired) electrons. The highest BCUT2D eigenvalue weighted by atomic mass is 16.5. The molecular formula is C20H32N4O3. The third-order valence-electron chi connectivity index (χ3n) is 4.58. The zero-order valence-corrected chi connectivity index (χ0v) is 16.6. The van der Waals surface area contributed by atoms with Gasteiger partial charge in [-0.2, -0.15) is 0 Å². The first-order valence-corrected chi connectivity index (χ1v) is 9.65. The maximum Gasteiger partial charge on any atom is 0.223 e. The van der Waals surface area contributed by atoms with Crippen LogP contribution in [0.3, 0.4) is 0 Å². The van der Waals surface area contributed by atoms with Gasteiger partial charge in [-0.15, -0.1) is 0 Å². The van der Waals surface area contributed by atoms with E-state index in [2.05, 4.69) is 20.9 Å². The Kier molecular flexibility index (Phi) is 8.74. The standard InChI is InChI=1S/C20H32N4O3/c1-15(27-18-10-5-9-17(13-18)26-3)14-24-20(21-2)23-12-6-11-22-19(25)16-7-4-8-16/h5,9-10,13,15-16H,4,6-8,11-12,14H2,1-3H3,(H,22,25)(H2,21,23,24). The van der Waals surface area contributed by atoms with Crippen molar-refractivity contribution in [1.29, 1.82) is 0 Å². The molecule has 0 bridgehead atoms. The largest absolute Gasteiger partial charge is 0.497 e. The van der Waals surface area contributed by atoms with Crippen LogP contribution in [0.1, 0.15) is 32.6 Å². The van der Waals surface area contributed by atoms with E-state index >= 15 is 0 Å². The minimum Gasteiger partial charge on any atom is -0.497 e. The molecule has 1 atom stereocenters. The Morgan fingerprint density at radius 2 is 1.96 bits per heavy atom. The topological polar surface area (TPSA) is 84.0 Å². The van der Waals surface area contributed by atoms with Gasteiger partial charge in [-0.25, -0.2) is 0 Å². The van der Waals surface area contributed by atoms with Gasteiger partial charge in [-0.1, -0.05) is 12.5 Å². The molecule has 3 N–H and O–H groups in total. The number of guanidine groups is 1. The van der Waals surface area contributed by atoms with E-state index in [1.54, 1.807) is 14.2 Å². The molecule has 1 amide bonds. The SMILES string of the molecule is CN=C(NCCCNC(=O)C1CCC1)NCC(C)Oc1cccc(OC)c1. The monoisotopic (exact) mass is 376 g/mol. The fraction of sp³-hybridized carbons (Fsp3) is 0.600. The first-order valence-electron chi connectivity index (χ1n) is 9.65. The summed E-state index contributed by atoms with van der Waals surface area (Å²) < 4.78 is 11.1. The molecule has 7 heteroatoms. The molecule has 1 unspecified atom stereocenters. The van der Waals surface area contributed by atoms with E-state index in [0.29, 0.717) is 13.1 Å². The molecular weight excluding hydrogens is 344 g/mol. The molecule has 27 heavy (non-hydrogen) atoms. The zero-order chi connectivity index (χ0) is 19.5. The fourth-order valence-corrected chi connectivity index (χ4v) is 2.73. The molecule has 1 fully saturated rings. The minimum atomic E-state index is -0.0302. The number of benzene rings is 1. The average molecular weight is 377 g/mol. The maximum absolute atomic E-state index is 11.8. The lowest BCUT2D eigenvalue weighted by molar-refractivity contribution is -0.127. The first kappa shape index (κ1) is 20.9. The van der Waals surface area contributed by atoms with E-state index in [0.717, 1.165) is 43.3 Å². The Bertz CT molecular complexity index is 617. The van der Waals surface area contributed by atoms with Crippen LogP contribution in [-0.4, -0.2) is 51.8 Å². The van der Waals surface area contributed by atoms with Crippen molar-refractivity contribution in [2.75, 3.05) is 33.8 Å². The van der Waals surface area contributed by atoms with Gasteiger partial charge in [0.2, 0.25) is 5.91 Å². The van der Waals surface area contributed by atoms with Gasteiger partial charge >= 0.3 is 0 Å². The van der Waals surface area contributed by atoms with E-state index in [9.17, 15) is 4.79 Å². The molecule has 1 aliphatic carbocycles. The van der Waals surface area contributed by atoms with Gasteiger partial charge in [0.25, 0.3) is 0 Å². The van der Waals surface area contributed by atoms with Crippen LogP contribution < -0.4 is 25.4 Å². The van der Waals surface area contributed by atoms with Gasteiger partial charge in [-0.05, 0) is 38.3 Å². The summed E-state index contributed by atoms with van der Waals surface area (Å²) in [7, 11) is 3.37. The number of hydrogen-bond donors (Lipinski definition) is 3. The van der Waals surface area contributed by atoms with E-state index in [1.165, 1.54) is 6.42 Å². The zero-order valence-electron chi connectivity index (χ0n) is 16.6. The summed E-state index contributed by atoms with van der Waals surface area (Å²) in [5.74, 6) is 2.72. The third-order valence-corrected chi connectivity index (χ3v) is 4.58. The Morgan fingerprint density at radius 1 is 1.22 bits per heavy atom. The van der Waals surface area contributed by atoms with Crippen LogP contribution in [0.15, 0.2) is 29.3 Å². The summed E-state index contributed by atoms with van der Waals surface area (Å²) in [5.41, 5.74) is 0. The molecule has 0 saturated heterocycles. The van der Waals surface area contributed by atoms with Crippen LogP contribution >= 0.6 is 0 Å². The molecule has 1 saturated carbocycles. The van der Waals surface area contributed by atoms with Crippen molar-refractivity contribution in [2.45, 2.75) is 38.7 Å². The van der Waals surface area contributed by atoms with E-state index in [4.69, 9.17) is 9.47 Å². The van der Waals surface area contributed by atoms with Crippen LogP contribution in [0.2, 0.25) is 0 Å². The highest BCUT2D eigenvalue weighted by Crippen LogP contribution is 2.26. The molecule has 1 aromatic carbocycles. The predicted molar refractivity (Wildman–Crippen MR) is 107 cm³/mol. The van der Waals surface area contributed by atoms with Crippen molar-refractivity contribution >= 4 is 11.9 Å². The van der Waals surface area contributed by atoms with Crippen molar-refractivity contribution in [2.24, 2.45) is 10.9 Å². The number of ether oxygens (including phenoxy) is 2.